The fourth-order valence-corrected chi connectivity index (χ4v) is 3.02. The molecule has 1 heterocycles. The van der Waals surface area contributed by atoms with Gasteiger partial charge in [0.25, 0.3) is 0 Å². The lowest BCUT2D eigenvalue weighted by atomic mass is 9.92. The van der Waals surface area contributed by atoms with Gasteiger partial charge in [-0.1, -0.05) is 23.2 Å². The van der Waals surface area contributed by atoms with Crippen molar-refractivity contribution >= 4 is 34.5 Å². The van der Waals surface area contributed by atoms with E-state index in [0.717, 1.165) is 11.1 Å². The molecule has 1 unspecified atom stereocenters. The number of rotatable bonds is 3. The maximum atomic E-state index is 13.5. The van der Waals surface area contributed by atoms with Crippen molar-refractivity contribution < 1.29 is 9.50 Å². The van der Waals surface area contributed by atoms with Gasteiger partial charge in [-0.25, -0.2) is 9.37 Å². The van der Waals surface area contributed by atoms with Gasteiger partial charge in [-0.05, 0) is 19.1 Å². The summed E-state index contributed by atoms with van der Waals surface area (Å²) in [5, 5.41) is 13.2. The highest BCUT2D eigenvalue weighted by atomic mass is 35.5. The molecule has 0 saturated heterocycles. The highest BCUT2D eigenvalue weighted by Crippen LogP contribution is 2.34. The van der Waals surface area contributed by atoms with Crippen LogP contribution in [0.15, 0.2) is 23.7 Å². The molecule has 0 radical (unpaired) electrons. The summed E-state index contributed by atoms with van der Waals surface area (Å²) in [6.45, 7) is 1.57. The molecule has 0 fully saturated rings. The van der Waals surface area contributed by atoms with E-state index in [4.69, 9.17) is 23.2 Å². The molecule has 1 N–H and O–H groups in total. The van der Waals surface area contributed by atoms with E-state index in [1.54, 1.807) is 13.1 Å². The van der Waals surface area contributed by atoms with Gasteiger partial charge in [0.15, 0.2) is 0 Å². The lowest BCUT2D eigenvalue weighted by Gasteiger charge is -2.24. The Morgan fingerprint density at radius 1 is 1.39 bits per heavy atom. The molecule has 0 aliphatic rings. The normalized spacial score (nSPS) is 14.5. The Labute approximate surface area is 118 Å². The maximum absolute atomic E-state index is 13.5. The molecule has 0 aliphatic heterocycles. The third kappa shape index (κ3) is 2.83. The smallest absolute Gasteiger partial charge is 0.142 e. The first-order chi connectivity index (χ1) is 8.40. The predicted octanol–water partition coefficient (Wildman–Crippen LogP) is 4.04. The molecule has 18 heavy (non-hydrogen) atoms. The lowest BCUT2D eigenvalue weighted by molar-refractivity contribution is 0.0573. The van der Waals surface area contributed by atoms with Crippen molar-refractivity contribution in [3.05, 3.63) is 50.1 Å². The summed E-state index contributed by atoms with van der Waals surface area (Å²) in [5.74, 6) is -0.601. The lowest BCUT2D eigenvalue weighted by Crippen LogP contribution is -2.25. The number of nitrogens with zero attached hydrogens (tertiary/aromatic N) is 1. The first-order valence-electron chi connectivity index (χ1n) is 5.16. The largest absolute Gasteiger partial charge is 0.385 e. The molecular weight excluding hydrogens is 296 g/mol. The molecular formula is C12H10Cl2FNOS. The van der Waals surface area contributed by atoms with Crippen molar-refractivity contribution in [1.82, 2.24) is 4.98 Å². The van der Waals surface area contributed by atoms with Gasteiger partial charge in [-0.3, -0.25) is 0 Å². The van der Waals surface area contributed by atoms with Crippen molar-refractivity contribution in [1.29, 1.82) is 0 Å². The van der Waals surface area contributed by atoms with E-state index >= 15 is 0 Å². The monoisotopic (exact) mass is 305 g/mol. The van der Waals surface area contributed by atoms with Crippen LogP contribution in [0.25, 0.3) is 0 Å². The molecule has 1 aromatic heterocycles. The van der Waals surface area contributed by atoms with E-state index in [2.05, 4.69) is 4.98 Å². The van der Waals surface area contributed by atoms with Crippen molar-refractivity contribution in [3.63, 3.8) is 0 Å². The van der Waals surface area contributed by atoms with Crippen LogP contribution >= 0.6 is 34.5 Å². The Hall–Kier alpha value is -0.680. The summed E-state index contributed by atoms with van der Waals surface area (Å²) in [6.07, 6.45) is 1.92. The van der Waals surface area contributed by atoms with Crippen LogP contribution in [0.3, 0.4) is 0 Å². The first kappa shape index (κ1) is 13.7. The van der Waals surface area contributed by atoms with Gasteiger partial charge < -0.3 is 5.11 Å². The van der Waals surface area contributed by atoms with Crippen LogP contribution in [-0.2, 0) is 12.0 Å². The average Bonchev–Trinajstić information content (AvgIpc) is 2.75. The third-order valence-electron chi connectivity index (χ3n) is 2.57. The SMILES string of the molecule is CC(O)(Cc1nccs1)c1cc(F)c(Cl)cc1Cl. The summed E-state index contributed by atoms with van der Waals surface area (Å²) in [4.78, 5) is 4.09. The zero-order valence-electron chi connectivity index (χ0n) is 9.45. The Balaban J connectivity index is 2.37. The minimum absolute atomic E-state index is 0.0613. The average molecular weight is 306 g/mol. The zero-order valence-corrected chi connectivity index (χ0v) is 11.8. The molecule has 0 aliphatic carbocycles. The van der Waals surface area contributed by atoms with E-state index in [1.807, 2.05) is 5.38 Å². The predicted molar refractivity (Wildman–Crippen MR) is 71.8 cm³/mol. The maximum Gasteiger partial charge on any atom is 0.142 e. The summed E-state index contributed by atoms with van der Waals surface area (Å²) < 4.78 is 13.5. The molecule has 2 rings (SSSR count). The molecule has 0 bridgehead atoms. The van der Waals surface area contributed by atoms with Gasteiger partial charge in [0.2, 0.25) is 0 Å². The second kappa shape index (κ2) is 5.13. The van der Waals surface area contributed by atoms with Crippen LogP contribution in [0.2, 0.25) is 10.0 Å². The van der Waals surface area contributed by atoms with Crippen LogP contribution in [0.1, 0.15) is 17.5 Å². The van der Waals surface area contributed by atoms with E-state index < -0.39 is 11.4 Å². The Bertz CT molecular complexity index is 557. The summed E-state index contributed by atoms with van der Waals surface area (Å²) >= 11 is 13.0. The van der Waals surface area contributed by atoms with Crippen molar-refractivity contribution in [2.24, 2.45) is 0 Å². The van der Waals surface area contributed by atoms with E-state index in [0.29, 0.717) is 5.56 Å². The van der Waals surface area contributed by atoms with Gasteiger partial charge in [-0.2, -0.15) is 0 Å². The Morgan fingerprint density at radius 2 is 2.11 bits per heavy atom. The highest BCUT2D eigenvalue weighted by molar-refractivity contribution is 7.09. The molecule has 1 aromatic carbocycles. The number of halogens is 3. The Kier molecular flexibility index (Phi) is 3.92. The third-order valence-corrected chi connectivity index (χ3v) is 3.95. The van der Waals surface area contributed by atoms with Crippen molar-refractivity contribution in [3.8, 4) is 0 Å². The van der Waals surface area contributed by atoms with Crippen LogP contribution in [0.5, 0.6) is 0 Å². The van der Waals surface area contributed by atoms with Gasteiger partial charge in [0.05, 0.1) is 15.6 Å². The molecule has 0 amide bonds. The number of hydrogen-bond acceptors (Lipinski definition) is 3. The zero-order chi connectivity index (χ0) is 13.3. The molecule has 0 saturated carbocycles. The second-order valence-electron chi connectivity index (χ2n) is 4.12. The molecule has 1 atom stereocenters. The molecule has 0 spiro atoms. The standard InChI is InChI=1S/C12H10Cl2FNOS/c1-12(17,6-11-16-2-3-18-11)7-4-10(15)9(14)5-8(7)13/h2-5,17H,6H2,1H3. The van der Waals surface area contributed by atoms with Gasteiger partial charge in [-0.15, -0.1) is 11.3 Å². The summed E-state index contributed by atoms with van der Waals surface area (Å²) in [6, 6.07) is 2.46. The quantitative estimate of drug-likeness (QED) is 0.868. The first-order valence-corrected chi connectivity index (χ1v) is 6.79. The molecule has 2 aromatic rings. The topological polar surface area (TPSA) is 33.1 Å². The highest BCUT2D eigenvalue weighted by Gasteiger charge is 2.28. The van der Waals surface area contributed by atoms with Gasteiger partial charge in [0, 0.05) is 28.6 Å². The van der Waals surface area contributed by atoms with Crippen LogP contribution in [0.4, 0.5) is 4.39 Å². The molecule has 6 heteroatoms. The Morgan fingerprint density at radius 3 is 2.72 bits per heavy atom. The van der Waals surface area contributed by atoms with Crippen molar-refractivity contribution in [2.75, 3.05) is 0 Å². The minimum atomic E-state index is -1.29. The van der Waals surface area contributed by atoms with Crippen molar-refractivity contribution in [2.45, 2.75) is 18.9 Å². The van der Waals surface area contributed by atoms with E-state index in [-0.39, 0.29) is 16.5 Å². The number of benzene rings is 1. The van der Waals surface area contributed by atoms with Gasteiger partial charge in [0.1, 0.15) is 5.82 Å². The fraction of sp³-hybridized carbons (Fsp3) is 0.250. The van der Waals surface area contributed by atoms with Crippen LogP contribution in [0, 0.1) is 5.82 Å². The minimum Gasteiger partial charge on any atom is -0.385 e. The summed E-state index contributed by atoms with van der Waals surface area (Å²) in [5.41, 5.74) is -0.985. The number of hydrogen-bond donors (Lipinski definition) is 1. The summed E-state index contributed by atoms with van der Waals surface area (Å²) in [7, 11) is 0. The number of aliphatic hydroxyl groups is 1. The molecule has 2 nitrogen and oxygen atoms in total. The molecule has 96 valence electrons. The van der Waals surface area contributed by atoms with Crippen LogP contribution in [-0.4, -0.2) is 10.1 Å². The van der Waals surface area contributed by atoms with E-state index in [9.17, 15) is 9.50 Å². The second-order valence-corrected chi connectivity index (χ2v) is 5.92. The van der Waals surface area contributed by atoms with Crippen LogP contribution < -0.4 is 0 Å². The number of thiazole rings is 1. The van der Waals surface area contributed by atoms with Gasteiger partial charge >= 0.3 is 0 Å². The number of aromatic nitrogens is 1. The van der Waals surface area contributed by atoms with E-state index in [1.165, 1.54) is 17.4 Å². The fourth-order valence-electron chi connectivity index (χ4n) is 1.67.